The highest BCUT2D eigenvalue weighted by molar-refractivity contribution is 9.10. The molecule has 4 nitrogen and oxygen atoms in total. The molecule has 1 heterocycles. The van der Waals surface area contributed by atoms with Gasteiger partial charge in [-0.25, -0.2) is 8.42 Å². The molecular weight excluding hydrogens is 374 g/mol. The molecule has 0 amide bonds. The first kappa shape index (κ1) is 14.8. The van der Waals surface area contributed by atoms with E-state index in [2.05, 4.69) is 20.7 Å². The molecule has 2 aromatic rings. The highest BCUT2D eigenvalue weighted by Gasteiger charge is 2.17. The number of hydrogen-bond donors (Lipinski definition) is 2. The highest BCUT2D eigenvalue weighted by atomic mass is 79.9. The minimum Gasteiger partial charge on any atom is -0.392 e. The largest absolute Gasteiger partial charge is 0.392 e. The molecule has 0 bridgehead atoms. The van der Waals surface area contributed by atoms with Crippen molar-refractivity contribution < 1.29 is 13.5 Å². The van der Waals surface area contributed by atoms with Crippen molar-refractivity contribution in [1.29, 1.82) is 0 Å². The summed E-state index contributed by atoms with van der Waals surface area (Å²) in [4.78, 5) is 0. The number of anilines is 1. The number of benzene rings is 1. The van der Waals surface area contributed by atoms with E-state index in [0.717, 1.165) is 11.3 Å². The first-order chi connectivity index (χ1) is 8.92. The van der Waals surface area contributed by atoms with Crippen LogP contribution in [0.15, 0.2) is 38.3 Å². The van der Waals surface area contributed by atoms with Crippen molar-refractivity contribution in [2.24, 2.45) is 0 Å². The molecular formula is C11H9BrClNO3S2. The van der Waals surface area contributed by atoms with Crippen molar-refractivity contribution in [3.8, 4) is 0 Å². The number of nitrogens with one attached hydrogen (secondary N) is 1. The van der Waals surface area contributed by atoms with E-state index >= 15 is 0 Å². The molecule has 0 aliphatic rings. The Balaban J connectivity index is 2.28. The Morgan fingerprint density at radius 3 is 2.68 bits per heavy atom. The third-order valence-corrected chi connectivity index (χ3v) is 6.33. The second-order valence-electron chi connectivity index (χ2n) is 3.67. The molecule has 0 unspecified atom stereocenters. The van der Waals surface area contributed by atoms with E-state index in [9.17, 15) is 8.42 Å². The Morgan fingerprint density at radius 1 is 1.37 bits per heavy atom. The van der Waals surface area contributed by atoms with Crippen molar-refractivity contribution in [2.75, 3.05) is 4.72 Å². The SMILES string of the molecule is O=S(=O)(Nc1ccc(Cl)c(Br)c1)c1cc(CO)cs1. The number of aliphatic hydroxyl groups is 1. The van der Waals surface area contributed by atoms with Crippen LogP contribution >= 0.6 is 38.9 Å². The van der Waals surface area contributed by atoms with Crippen LogP contribution in [0.2, 0.25) is 5.02 Å². The first-order valence-corrected chi connectivity index (χ1v) is 8.62. The summed E-state index contributed by atoms with van der Waals surface area (Å²) in [5.74, 6) is 0. The smallest absolute Gasteiger partial charge is 0.271 e. The molecule has 0 atom stereocenters. The molecule has 0 aliphatic heterocycles. The van der Waals surface area contributed by atoms with Crippen LogP contribution in [0.5, 0.6) is 0 Å². The van der Waals surface area contributed by atoms with Gasteiger partial charge in [0, 0.05) is 4.47 Å². The van der Waals surface area contributed by atoms with Gasteiger partial charge in [0.25, 0.3) is 10.0 Å². The van der Waals surface area contributed by atoms with Crippen molar-refractivity contribution in [3.05, 3.63) is 44.7 Å². The molecule has 2 N–H and O–H groups in total. The van der Waals surface area contributed by atoms with Gasteiger partial charge in [-0.2, -0.15) is 0 Å². The molecule has 0 fully saturated rings. The van der Waals surface area contributed by atoms with E-state index in [-0.39, 0.29) is 10.8 Å². The summed E-state index contributed by atoms with van der Waals surface area (Å²) in [5, 5.41) is 11.0. The predicted molar refractivity (Wildman–Crippen MR) is 80.2 cm³/mol. The Hall–Kier alpha value is -0.600. The summed E-state index contributed by atoms with van der Waals surface area (Å²) in [6.45, 7) is -0.182. The fourth-order valence-corrected chi connectivity index (χ4v) is 4.09. The molecule has 8 heteroatoms. The molecule has 0 radical (unpaired) electrons. The lowest BCUT2D eigenvalue weighted by Gasteiger charge is -2.07. The van der Waals surface area contributed by atoms with Gasteiger partial charge >= 0.3 is 0 Å². The van der Waals surface area contributed by atoms with E-state index in [1.165, 1.54) is 6.07 Å². The summed E-state index contributed by atoms with van der Waals surface area (Å²) in [5.41, 5.74) is 0.984. The van der Waals surface area contributed by atoms with Crippen molar-refractivity contribution >= 4 is 54.6 Å². The van der Waals surface area contributed by atoms with Crippen LogP contribution < -0.4 is 4.72 Å². The Bertz CT molecular complexity index is 700. The standard InChI is InChI=1S/C11H9BrClNO3S2/c12-9-4-8(1-2-10(9)13)14-19(16,17)11-3-7(5-15)6-18-11/h1-4,6,14-15H,5H2. The monoisotopic (exact) mass is 381 g/mol. The minimum atomic E-state index is -3.64. The van der Waals surface area contributed by atoms with Gasteiger partial charge < -0.3 is 5.11 Å². The molecule has 1 aromatic carbocycles. The van der Waals surface area contributed by atoms with Crippen LogP contribution in [0.1, 0.15) is 5.56 Å². The Morgan fingerprint density at radius 2 is 2.11 bits per heavy atom. The van der Waals surface area contributed by atoms with Crippen LogP contribution in [-0.2, 0) is 16.6 Å². The lowest BCUT2D eigenvalue weighted by atomic mass is 10.3. The van der Waals surface area contributed by atoms with E-state index in [0.29, 0.717) is 20.7 Å². The summed E-state index contributed by atoms with van der Waals surface area (Å²) < 4.78 is 27.4. The van der Waals surface area contributed by atoms with E-state index < -0.39 is 10.0 Å². The van der Waals surface area contributed by atoms with Crippen LogP contribution in [0.4, 0.5) is 5.69 Å². The number of sulfonamides is 1. The normalized spacial score (nSPS) is 11.5. The second-order valence-corrected chi connectivity index (χ2v) is 7.75. The Kier molecular flexibility index (Phi) is 4.52. The van der Waals surface area contributed by atoms with Gasteiger partial charge in [0.05, 0.1) is 17.3 Å². The maximum Gasteiger partial charge on any atom is 0.271 e. The van der Waals surface area contributed by atoms with Crippen molar-refractivity contribution in [2.45, 2.75) is 10.8 Å². The Labute approximate surface area is 128 Å². The van der Waals surface area contributed by atoms with Gasteiger partial charge in [-0.05, 0) is 51.1 Å². The van der Waals surface area contributed by atoms with Crippen LogP contribution in [0.25, 0.3) is 0 Å². The lowest BCUT2D eigenvalue weighted by Crippen LogP contribution is -2.11. The first-order valence-electron chi connectivity index (χ1n) is 5.08. The van der Waals surface area contributed by atoms with E-state index in [4.69, 9.17) is 16.7 Å². The van der Waals surface area contributed by atoms with E-state index in [1.807, 2.05) is 0 Å². The van der Waals surface area contributed by atoms with Gasteiger partial charge in [0.2, 0.25) is 0 Å². The summed E-state index contributed by atoms with van der Waals surface area (Å²) >= 11 is 10.1. The van der Waals surface area contributed by atoms with E-state index in [1.54, 1.807) is 23.6 Å². The lowest BCUT2D eigenvalue weighted by molar-refractivity contribution is 0.282. The summed E-state index contributed by atoms with van der Waals surface area (Å²) in [6.07, 6.45) is 0. The van der Waals surface area contributed by atoms with Gasteiger partial charge in [-0.15, -0.1) is 11.3 Å². The zero-order chi connectivity index (χ0) is 14.0. The average molecular weight is 383 g/mol. The van der Waals surface area contributed by atoms with Crippen molar-refractivity contribution in [1.82, 2.24) is 0 Å². The zero-order valence-corrected chi connectivity index (χ0v) is 13.4. The van der Waals surface area contributed by atoms with Crippen LogP contribution in [0, 0.1) is 0 Å². The van der Waals surface area contributed by atoms with Crippen LogP contribution in [-0.4, -0.2) is 13.5 Å². The van der Waals surface area contributed by atoms with Gasteiger partial charge in [0.1, 0.15) is 4.21 Å². The third-order valence-electron chi connectivity index (χ3n) is 2.25. The molecule has 0 spiro atoms. The topological polar surface area (TPSA) is 66.4 Å². The maximum absolute atomic E-state index is 12.1. The molecule has 2 rings (SSSR count). The fourth-order valence-electron chi connectivity index (χ4n) is 1.34. The number of aliphatic hydroxyl groups excluding tert-OH is 1. The summed E-state index contributed by atoms with van der Waals surface area (Å²) in [6, 6.07) is 6.20. The fraction of sp³-hybridized carbons (Fsp3) is 0.0909. The highest BCUT2D eigenvalue weighted by Crippen LogP contribution is 2.28. The zero-order valence-electron chi connectivity index (χ0n) is 9.43. The van der Waals surface area contributed by atoms with Crippen LogP contribution in [0.3, 0.4) is 0 Å². The third kappa shape index (κ3) is 3.49. The number of rotatable bonds is 4. The molecule has 102 valence electrons. The molecule has 1 aromatic heterocycles. The number of thiophene rings is 1. The maximum atomic E-state index is 12.1. The predicted octanol–water partition coefficient (Wildman–Crippen LogP) is 3.46. The summed E-state index contributed by atoms with van der Waals surface area (Å²) in [7, 11) is -3.64. The second kappa shape index (κ2) is 5.80. The minimum absolute atomic E-state index is 0.155. The quantitative estimate of drug-likeness (QED) is 0.851. The number of hydrogen-bond acceptors (Lipinski definition) is 4. The molecule has 19 heavy (non-hydrogen) atoms. The average Bonchev–Trinajstić information content (AvgIpc) is 2.83. The molecule has 0 saturated heterocycles. The van der Waals surface area contributed by atoms with Crippen molar-refractivity contribution in [3.63, 3.8) is 0 Å². The van der Waals surface area contributed by atoms with Gasteiger partial charge in [-0.3, -0.25) is 4.72 Å². The van der Waals surface area contributed by atoms with Gasteiger partial charge in [-0.1, -0.05) is 11.6 Å². The molecule has 0 aliphatic carbocycles. The number of halogens is 2. The molecule has 0 saturated carbocycles. The van der Waals surface area contributed by atoms with Gasteiger partial charge in [0.15, 0.2) is 0 Å².